The van der Waals surface area contributed by atoms with Gasteiger partial charge in [0.2, 0.25) is 0 Å². The Bertz CT molecular complexity index is 673. The maximum atomic E-state index is 6.22. The van der Waals surface area contributed by atoms with Crippen molar-refractivity contribution >= 4 is 6.08 Å². The van der Waals surface area contributed by atoms with Crippen LogP contribution in [0.25, 0.3) is 6.08 Å². The molecule has 1 aliphatic heterocycles. The fourth-order valence-corrected chi connectivity index (χ4v) is 6.61. The molecular weight excluding hydrogens is 320 g/mol. The van der Waals surface area contributed by atoms with E-state index >= 15 is 0 Å². The first kappa shape index (κ1) is 18.3. The second-order valence-corrected chi connectivity index (χ2v) is 8.52. The molecular formula is C24H34O2. The Morgan fingerprint density at radius 1 is 1.08 bits per heavy atom. The standard InChI is InChI=1S/C22H28O2.C2H6/c1-3-15-4-6-17-16(14-15)5-7-19-18(17)8-10-21(2)20(19)9-11-22(21)23-12-13-24-22;1-2/h3-4,6,14,18-20H,1,5,7-13H2,2H3;1-2H3. The topological polar surface area (TPSA) is 18.5 Å². The van der Waals surface area contributed by atoms with E-state index in [0.29, 0.717) is 0 Å². The number of benzene rings is 1. The largest absolute Gasteiger partial charge is 0.347 e. The molecule has 1 saturated heterocycles. The molecule has 0 N–H and O–H groups in total. The van der Waals surface area contributed by atoms with Crippen molar-refractivity contribution in [3.8, 4) is 0 Å². The fourth-order valence-electron chi connectivity index (χ4n) is 6.61. The first-order valence-corrected chi connectivity index (χ1v) is 10.7. The van der Waals surface area contributed by atoms with Crippen molar-refractivity contribution in [2.45, 2.75) is 71.0 Å². The lowest BCUT2D eigenvalue weighted by molar-refractivity contribution is -0.237. The van der Waals surface area contributed by atoms with Crippen LogP contribution in [-0.4, -0.2) is 19.0 Å². The molecule has 4 aliphatic rings. The summed E-state index contributed by atoms with van der Waals surface area (Å²) in [5.41, 5.74) is 4.66. The summed E-state index contributed by atoms with van der Waals surface area (Å²) in [4.78, 5) is 0. The Morgan fingerprint density at radius 2 is 1.85 bits per heavy atom. The summed E-state index contributed by atoms with van der Waals surface area (Å²) >= 11 is 0. The van der Waals surface area contributed by atoms with Crippen molar-refractivity contribution < 1.29 is 9.47 Å². The predicted octanol–water partition coefficient (Wildman–Crippen LogP) is 5.96. The predicted molar refractivity (Wildman–Crippen MR) is 107 cm³/mol. The van der Waals surface area contributed by atoms with Crippen molar-refractivity contribution in [3.05, 3.63) is 41.5 Å². The van der Waals surface area contributed by atoms with Gasteiger partial charge in [-0.3, -0.25) is 0 Å². The van der Waals surface area contributed by atoms with E-state index in [4.69, 9.17) is 9.47 Å². The van der Waals surface area contributed by atoms with Crippen molar-refractivity contribution in [3.63, 3.8) is 0 Å². The van der Waals surface area contributed by atoms with E-state index in [2.05, 4.69) is 31.7 Å². The van der Waals surface area contributed by atoms with Crippen LogP contribution in [0.4, 0.5) is 0 Å². The molecule has 0 amide bonds. The average molecular weight is 355 g/mol. The summed E-state index contributed by atoms with van der Waals surface area (Å²) in [7, 11) is 0. The molecule has 2 heteroatoms. The molecule has 0 bridgehead atoms. The molecule has 142 valence electrons. The SMILES string of the molecule is C=Cc1ccc2c(c1)CCC1C2CCC2(C)C1CCC21OCCO1.CC. The van der Waals surface area contributed by atoms with Crippen molar-refractivity contribution in [1.29, 1.82) is 0 Å². The third-order valence-corrected chi connectivity index (χ3v) is 7.78. The Hall–Kier alpha value is -1.12. The smallest absolute Gasteiger partial charge is 0.174 e. The zero-order chi connectivity index (χ0) is 18.4. The van der Waals surface area contributed by atoms with Crippen molar-refractivity contribution in [2.24, 2.45) is 17.3 Å². The molecule has 1 aromatic rings. The minimum Gasteiger partial charge on any atom is -0.347 e. The molecule has 2 nitrogen and oxygen atoms in total. The van der Waals surface area contributed by atoms with Crippen LogP contribution in [0.1, 0.15) is 75.5 Å². The van der Waals surface area contributed by atoms with Crippen LogP contribution in [0.5, 0.6) is 0 Å². The summed E-state index contributed by atoms with van der Waals surface area (Å²) in [6.07, 6.45) is 9.42. The van der Waals surface area contributed by atoms with Gasteiger partial charge in [0.05, 0.1) is 13.2 Å². The first-order chi connectivity index (χ1) is 12.7. The zero-order valence-corrected chi connectivity index (χ0v) is 16.7. The zero-order valence-electron chi connectivity index (χ0n) is 16.7. The van der Waals surface area contributed by atoms with Crippen LogP contribution in [0.15, 0.2) is 24.8 Å². The molecule has 26 heavy (non-hydrogen) atoms. The van der Waals surface area contributed by atoms with E-state index < -0.39 is 0 Å². The van der Waals surface area contributed by atoms with Gasteiger partial charge in [-0.25, -0.2) is 0 Å². The molecule has 0 aromatic heterocycles. The lowest BCUT2D eigenvalue weighted by atomic mass is 9.55. The molecule has 0 radical (unpaired) electrons. The highest BCUT2D eigenvalue weighted by Crippen LogP contribution is 2.66. The molecule has 4 unspecified atom stereocenters. The maximum absolute atomic E-state index is 6.22. The second kappa shape index (κ2) is 6.80. The van der Waals surface area contributed by atoms with Gasteiger partial charge in [-0.05, 0) is 66.5 Å². The van der Waals surface area contributed by atoms with Crippen LogP contribution in [0.3, 0.4) is 0 Å². The Balaban J connectivity index is 0.000000814. The van der Waals surface area contributed by atoms with Crippen LogP contribution in [-0.2, 0) is 15.9 Å². The van der Waals surface area contributed by atoms with Crippen LogP contribution >= 0.6 is 0 Å². The van der Waals surface area contributed by atoms with Gasteiger partial charge in [-0.2, -0.15) is 0 Å². The molecule has 1 heterocycles. The van der Waals surface area contributed by atoms with E-state index in [-0.39, 0.29) is 11.2 Å². The van der Waals surface area contributed by atoms with Gasteiger partial charge in [0, 0.05) is 11.8 Å². The molecule has 1 aromatic carbocycles. The fraction of sp³-hybridized carbons (Fsp3) is 0.667. The first-order valence-electron chi connectivity index (χ1n) is 10.7. The van der Waals surface area contributed by atoms with Gasteiger partial charge in [-0.1, -0.05) is 51.6 Å². The Labute approximate surface area is 159 Å². The van der Waals surface area contributed by atoms with Crippen molar-refractivity contribution in [1.82, 2.24) is 0 Å². The normalized spacial score (nSPS) is 36.5. The Morgan fingerprint density at radius 3 is 2.58 bits per heavy atom. The number of fused-ring (bicyclic) bond motifs is 6. The van der Waals surface area contributed by atoms with Crippen LogP contribution in [0.2, 0.25) is 0 Å². The number of aryl methyl sites for hydroxylation is 1. The summed E-state index contributed by atoms with van der Waals surface area (Å²) < 4.78 is 12.4. The average Bonchev–Trinajstić information content (AvgIpc) is 3.29. The monoisotopic (exact) mass is 354 g/mol. The van der Waals surface area contributed by atoms with Gasteiger partial charge >= 0.3 is 0 Å². The van der Waals surface area contributed by atoms with Crippen molar-refractivity contribution in [2.75, 3.05) is 13.2 Å². The number of hydrogen-bond donors (Lipinski definition) is 0. The van der Waals surface area contributed by atoms with Gasteiger partial charge < -0.3 is 9.47 Å². The van der Waals surface area contributed by atoms with Gasteiger partial charge in [-0.15, -0.1) is 0 Å². The third-order valence-electron chi connectivity index (χ3n) is 7.78. The number of hydrogen-bond acceptors (Lipinski definition) is 2. The van der Waals surface area contributed by atoms with Gasteiger partial charge in [0.15, 0.2) is 5.79 Å². The van der Waals surface area contributed by atoms with Gasteiger partial charge in [0.1, 0.15) is 0 Å². The molecule has 5 rings (SSSR count). The van der Waals surface area contributed by atoms with Crippen LogP contribution < -0.4 is 0 Å². The minimum absolute atomic E-state index is 0.212. The Kier molecular flexibility index (Phi) is 4.77. The third kappa shape index (κ3) is 2.45. The lowest BCUT2D eigenvalue weighted by Crippen LogP contribution is -2.51. The number of ether oxygens (including phenoxy) is 2. The molecule has 4 atom stereocenters. The maximum Gasteiger partial charge on any atom is 0.174 e. The lowest BCUT2D eigenvalue weighted by Gasteiger charge is -2.52. The van der Waals surface area contributed by atoms with E-state index in [0.717, 1.165) is 37.4 Å². The highest BCUT2D eigenvalue weighted by atomic mass is 16.7. The molecule has 2 saturated carbocycles. The van der Waals surface area contributed by atoms with Gasteiger partial charge in [0.25, 0.3) is 0 Å². The molecule has 1 spiro atoms. The minimum atomic E-state index is -0.268. The highest BCUT2D eigenvalue weighted by Gasteiger charge is 2.64. The van der Waals surface area contributed by atoms with E-state index in [1.807, 2.05) is 19.9 Å². The molecule has 3 aliphatic carbocycles. The van der Waals surface area contributed by atoms with Crippen LogP contribution in [0, 0.1) is 17.3 Å². The molecule has 3 fully saturated rings. The second-order valence-electron chi connectivity index (χ2n) is 8.52. The quantitative estimate of drug-likeness (QED) is 0.620. The number of rotatable bonds is 1. The summed E-state index contributed by atoms with van der Waals surface area (Å²) in [6.45, 7) is 12.0. The van der Waals surface area contributed by atoms with E-state index in [1.165, 1.54) is 37.7 Å². The van der Waals surface area contributed by atoms with E-state index in [9.17, 15) is 0 Å². The summed E-state index contributed by atoms with van der Waals surface area (Å²) in [5.74, 6) is 2.03. The highest BCUT2D eigenvalue weighted by molar-refractivity contribution is 5.51. The van der Waals surface area contributed by atoms with E-state index in [1.54, 1.807) is 11.1 Å². The summed E-state index contributed by atoms with van der Waals surface area (Å²) in [6, 6.07) is 7.01. The summed E-state index contributed by atoms with van der Waals surface area (Å²) in [5, 5.41) is 0.